The second-order valence-corrected chi connectivity index (χ2v) is 7.55. The molecule has 3 N–H and O–H groups in total. The van der Waals surface area contributed by atoms with Gasteiger partial charge >= 0.3 is 12.1 Å². The van der Waals surface area contributed by atoms with Gasteiger partial charge in [-0.2, -0.15) is 0 Å². The first-order valence-electron chi connectivity index (χ1n) is 10.0. The third kappa shape index (κ3) is 5.73. The Balaban J connectivity index is 1.64. The molecular formula is C19H28FN7O4. The quantitative estimate of drug-likeness (QED) is 0.561. The maximum absolute atomic E-state index is 14.9. The van der Waals surface area contributed by atoms with E-state index in [1.54, 1.807) is 31.2 Å². The Bertz CT molecular complexity index is 837. The van der Waals surface area contributed by atoms with E-state index in [9.17, 15) is 18.8 Å². The van der Waals surface area contributed by atoms with Crippen LogP contribution >= 0.6 is 0 Å². The zero-order chi connectivity index (χ0) is 22.5. The van der Waals surface area contributed by atoms with Gasteiger partial charge in [-0.25, -0.2) is 24.4 Å². The van der Waals surface area contributed by atoms with Crippen LogP contribution in [-0.4, -0.2) is 87.5 Å². The summed E-state index contributed by atoms with van der Waals surface area (Å²) in [5.41, 5.74) is 6.46. The van der Waals surface area contributed by atoms with Crippen molar-refractivity contribution in [2.24, 2.45) is 0 Å². The Morgan fingerprint density at radius 1 is 1.29 bits per heavy atom. The van der Waals surface area contributed by atoms with Crippen LogP contribution in [-0.2, 0) is 9.53 Å². The van der Waals surface area contributed by atoms with Gasteiger partial charge in [0.1, 0.15) is 11.9 Å². The molecule has 2 aliphatic heterocycles. The fraction of sp³-hybridized carbons (Fsp3) is 0.526. The van der Waals surface area contributed by atoms with Gasteiger partial charge in [-0.1, -0.05) is 0 Å². The molecule has 2 saturated heterocycles. The van der Waals surface area contributed by atoms with Gasteiger partial charge < -0.3 is 15.0 Å². The minimum Gasteiger partial charge on any atom is -0.442 e. The zero-order valence-electron chi connectivity index (χ0n) is 17.9. The van der Waals surface area contributed by atoms with Crippen molar-refractivity contribution in [1.29, 1.82) is 0 Å². The third-order valence-corrected chi connectivity index (χ3v) is 4.88. The van der Waals surface area contributed by atoms with Gasteiger partial charge in [0.05, 0.1) is 31.0 Å². The summed E-state index contributed by atoms with van der Waals surface area (Å²) >= 11 is 0. The first kappa shape index (κ1) is 22.6. The molecule has 1 atom stereocenters. The summed E-state index contributed by atoms with van der Waals surface area (Å²) in [6.07, 6.45) is -1.07. The second-order valence-electron chi connectivity index (χ2n) is 7.55. The molecule has 0 spiro atoms. The lowest BCUT2D eigenvalue weighted by atomic mass is 10.2. The molecule has 0 aliphatic carbocycles. The molecule has 2 aliphatic rings. The van der Waals surface area contributed by atoms with Crippen molar-refractivity contribution >= 4 is 29.4 Å². The third-order valence-electron chi connectivity index (χ3n) is 4.88. The van der Waals surface area contributed by atoms with Crippen molar-refractivity contribution in [2.45, 2.75) is 13.0 Å². The number of hydrogen-bond acceptors (Lipinski definition) is 7. The first-order chi connectivity index (χ1) is 14.7. The summed E-state index contributed by atoms with van der Waals surface area (Å²) in [7, 11) is 3.44. The SMILES string of the molecule is CC(=O)NC[C@H]1CN(c2ccc(N3CCNN(C(=O)NN(C)C)CC3)c(F)c2)C(=O)O1. The molecule has 4 amide bonds. The molecule has 0 bridgehead atoms. The molecule has 170 valence electrons. The van der Waals surface area contributed by atoms with Crippen molar-refractivity contribution in [1.82, 2.24) is 26.2 Å². The zero-order valence-corrected chi connectivity index (χ0v) is 17.9. The first-order valence-corrected chi connectivity index (χ1v) is 10.0. The van der Waals surface area contributed by atoms with Crippen LogP contribution < -0.4 is 26.0 Å². The summed E-state index contributed by atoms with van der Waals surface area (Å²) in [6.45, 7) is 3.59. The molecular weight excluding hydrogens is 409 g/mol. The van der Waals surface area contributed by atoms with Crippen molar-refractivity contribution in [3.8, 4) is 0 Å². The maximum Gasteiger partial charge on any atom is 0.414 e. The Kier molecular flexibility index (Phi) is 7.13. The highest BCUT2D eigenvalue weighted by atomic mass is 19.1. The smallest absolute Gasteiger partial charge is 0.414 e. The lowest BCUT2D eigenvalue weighted by Gasteiger charge is -2.25. The van der Waals surface area contributed by atoms with E-state index in [0.717, 1.165) is 0 Å². The minimum atomic E-state index is -0.580. The number of anilines is 2. The molecule has 1 aromatic carbocycles. The Hall–Kier alpha value is -3.12. The number of nitrogens with one attached hydrogen (secondary N) is 3. The topological polar surface area (TPSA) is 109 Å². The van der Waals surface area contributed by atoms with Crippen LogP contribution in [0, 0.1) is 5.82 Å². The number of carbonyl (C=O) groups excluding carboxylic acids is 3. The van der Waals surface area contributed by atoms with Gasteiger partial charge in [-0.3, -0.25) is 20.1 Å². The molecule has 0 unspecified atom stereocenters. The largest absolute Gasteiger partial charge is 0.442 e. The van der Waals surface area contributed by atoms with E-state index in [1.807, 2.05) is 4.90 Å². The van der Waals surface area contributed by atoms with Crippen LogP contribution in [0.25, 0.3) is 0 Å². The lowest BCUT2D eigenvalue weighted by Crippen LogP contribution is -2.52. The number of nitrogens with zero attached hydrogens (tertiary/aromatic N) is 4. The number of ether oxygens (including phenoxy) is 1. The van der Waals surface area contributed by atoms with Crippen molar-refractivity contribution < 1.29 is 23.5 Å². The Labute approximate surface area is 180 Å². The van der Waals surface area contributed by atoms with E-state index in [4.69, 9.17) is 4.74 Å². The van der Waals surface area contributed by atoms with Gasteiger partial charge in [-0.15, -0.1) is 0 Å². The van der Waals surface area contributed by atoms with E-state index < -0.39 is 18.0 Å². The average molecular weight is 437 g/mol. The number of hydrogen-bond donors (Lipinski definition) is 3. The summed E-state index contributed by atoms with van der Waals surface area (Å²) in [6, 6.07) is 4.29. The molecule has 2 fully saturated rings. The van der Waals surface area contributed by atoms with E-state index >= 15 is 0 Å². The Morgan fingerprint density at radius 2 is 2.06 bits per heavy atom. The fourth-order valence-corrected chi connectivity index (χ4v) is 3.41. The predicted octanol–water partition coefficient (Wildman–Crippen LogP) is 0.0998. The molecule has 0 radical (unpaired) electrons. The number of cyclic esters (lactones) is 1. The second kappa shape index (κ2) is 9.79. The summed E-state index contributed by atoms with van der Waals surface area (Å²) in [5, 5.41) is 5.62. The van der Waals surface area contributed by atoms with E-state index in [-0.39, 0.29) is 25.0 Å². The molecule has 3 rings (SSSR count). The van der Waals surface area contributed by atoms with E-state index in [1.165, 1.54) is 22.9 Å². The van der Waals surface area contributed by atoms with Crippen LogP contribution in [0.2, 0.25) is 0 Å². The molecule has 12 heteroatoms. The maximum atomic E-state index is 14.9. The number of rotatable bonds is 5. The number of benzene rings is 1. The number of amides is 4. The van der Waals surface area contributed by atoms with Gasteiger partial charge in [0.2, 0.25) is 5.91 Å². The van der Waals surface area contributed by atoms with Crippen LogP contribution in [0.15, 0.2) is 18.2 Å². The normalized spacial score (nSPS) is 19.3. The summed E-state index contributed by atoms with van der Waals surface area (Å²) in [5.74, 6) is -0.684. The molecule has 1 aromatic rings. The standard InChI is InChI=1S/C19H28FN7O4/c1-13(28)21-11-15-12-26(19(30)31-15)14-4-5-17(16(20)10-14)25-7-6-22-27(9-8-25)18(29)23-24(2)3/h4-5,10,15,22H,6-9,11-12H2,1-3H3,(H,21,28)(H,23,29)/t15-/m0/s1. The van der Waals surface area contributed by atoms with Crippen molar-refractivity contribution in [3.05, 3.63) is 24.0 Å². The molecule has 2 heterocycles. The van der Waals surface area contributed by atoms with Crippen LogP contribution in [0.3, 0.4) is 0 Å². The molecule has 0 saturated carbocycles. The highest BCUT2D eigenvalue weighted by Gasteiger charge is 2.33. The fourth-order valence-electron chi connectivity index (χ4n) is 3.41. The van der Waals surface area contributed by atoms with E-state index in [2.05, 4.69) is 16.2 Å². The van der Waals surface area contributed by atoms with Crippen LogP contribution in [0.4, 0.5) is 25.4 Å². The predicted molar refractivity (Wildman–Crippen MR) is 112 cm³/mol. The highest BCUT2D eigenvalue weighted by Crippen LogP contribution is 2.28. The highest BCUT2D eigenvalue weighted by molar-refractivity contribution is 5.90. The van der Waals surface area contributed by atoms with Gasteiger partial charge in [0, 0.05) is 40.7 Å². The lowest BCUT2D eigenvalue weighted by molar-refractivity contribution is -0.119. The molecule has 0 aromatic heterocycles. The monoisotopic (exact) mass is 437 g/mol. The van der Waals surface area contributed by atoms with Gasteiger partial charge in [0.25, 0.3) is 0 Å². The van der Waals surface area contributed by atoms with Crippen molar-refractivity contribution in [2.75, 3.05) is 63.2 Å². The number of urea groups is 1. The van der Waals surface area contributed by atoms with Crippen LogP contribution in [0.1, 0.15) is 6.92 Å². The van der Waals surface area contributed by atoms with Gasteiger partial charge in [0.15, 0.2) is 0 Å². The summed E-state index contributed by atoms with van der Waals surface area (Å²) in [4.78, 5) is 38.5. The molecule has 11 nitrogen and oxygen atoms in total. The van der Waals surface area contributed by atoms with Gasteiger partial charge in [-0.05, 0) is 18.2 Å². The molecule has 31 heavy (non-hydrogen) atoms. The van der Waals surface area contributed by atoms with Crippen LogP contribution in [0.5, 0.6) is 0 Å². The minimum absolute atomic E-state index is 0.205. The number of halogens is 1. The Morgan fingerprint density at radius 3 is 2.74 bits per heavy atom. The number of carbonyl (C=O) groups is 3. The van der Waals surface area contributed by atoms with E-state index in [0.29, 0.717) is 37.6 Å². The average Bonchev–Trinajstić information content (AvgIpc) is 2.91. The number of hydrazine groups is 2. The summed E-state index contributed by atoms with van der Waals surface area (Å²) < 4.78 is 20.2. The van der Waals surface area contributed by atoms with Crippen molar-refractivity contribution in [3.63, 3.8) is 0 Å².